The zero-order valence-corrected chi connectivity index (χ0v) is 11.5. The van der Waals surface area contributed by atoms with Crippen LogP contribution in [-0.2, 0) is 0 Å². The van der Waals surface area contributed by atoms with Gasteiger partial charge < -0.3 is 25.5 Å². The van der Waals surface area contributed by atoms with Crippen molar-refractivity contribution in [2.45, 2.75) is 6.92 Å². The van der Waals surface area contributed by atoms with E-state index in [0.29, 0.717) is 5.56 Å². The van der Waals surface area contributed by atoms with E-state index in [1.165, 1.54) is 31.2 Å². The summed E-state index contributed by atoms with van der Waals surface area (Å²) in [5.41, 5.74) is 0.334. The number of aromatic hydroxyl groups is 4. The summed E-state index contributed by atoms with van der Waals surface area (Å²) >= 11 is 0. The van der Waals surface area contributed by atoms with E-state index < -0.39 is 11.7 Å². The number of benzene rings is 2. The fraction of sp³-hybridized carbons (Fsp3) is 0.0667. The van der Waals surface area contributed by atoms with Crippen molar-refractivity contribution in [3.63, 3.8) is 0 Å². The molecule has 0 spiro atoms. The molecule has 22 heavy (non-hydrogen) atoms. The predicted octanol–water partition coefficient (Wildman–Crippen LogP) is 2.10. The molecule has 0 aliphatic heterocycles. The third-order valence-electron chi connectivity index (χ3n) is 2.60. The highest BCUT2D eigenvalue weighted by Gasteiger charge is 2.05. The van der Waals surface area contributed by atoms with Gasteiger partial charge in [-0.05, 0) is 43.3 Å². The van der Waals surface area contributed by atoms with Gasteiger partial charge in [-0.1, -0.05) is 0 Å². The average molecular weight is 306 g/mol. The van der Waals surface area contributed by atoms with Gasteiger partial charge in [0.15, 0.2) is 28.8 Å². The highest BCUT2D eigenvalue weighted by molar-refractivity contribution is 5.94. The molecule has 0 bridgehead atoms. The Labute approximate surface area is 125 Å². The molecular formula is C15H14O7. The largest absolute Gasteiger partial charge is 0.504 e. The molecule has 7 nitrogen and oxygen atoms in total. The van der Waals surface area contributed by atoms with Crippen LogP contribution >= 0.6 is 0 Å². The second-order valence-electron chi connectivity index (χ2n) is 4.27. The summed E-state index contributed by atoms with van der Waals surface area (Å²) in [6, 6.07) is 7.29. The Hall–Kier alpha value is -3.22. The van der Waals surface area contributed by atoms with E-state index in [4.69, 9.17) is 25.5 Å². The number of hydrogen-bond donors (Lipinski definition) is 5. The molecule has 2 rings (SSSR count). The fourth-order valence-electron chi connectivity index (χ4n) is 1.40. The van der Waals surface area contributed by atoms with E-state index in [2.05, 4.69) is 0 Å². The van der Waals surface area contributed by atoms with Gasteiger partial charge in [-0.15, -0.1) is 0 Å². The minimum Gasteiger partial charge on any atom is -0.504 e. The molecule has 0 unspecified atom stereocenters. The van der Waals surface area contributed by atoms with Crippen LogP contribution in [-0.4, -0.2) is 37.3 Å². The lowest BCUT2D eigenvalue weighted by molar-refractivity contribution is 0.0696. The van der Waals surface area contributed by atoms with Gasteiger partial charge in [0.05, 0.1) is 5.56 Å². The molecule has 2 aromatic rings. The summed E-state index contributed by atoms with van der Waals surface area (Å²) in [6.45, 7) is 1.39. The molecule has 116 valence electrons. The first-order valence-electron chi connectivity index (χ1n) is 6.00. The van der Waals surface area contributed by atoms with E-state index in [-0.39, 0.29) is 28.6 Å². The molecule has 0 amide bonds. The summed E-state index contributed by atoms with van der Waals surface area (Å²) in [4.78, 5) is 21.0. The Morgan fingerprint density at radius 2 is 1.14 bits per heavy atom. The van der Waals surface area contributed by atoms with E-state index in [9.17, 15) is 9.59 Å². The maximum atomic E-state index is 10.7. The summed E-state index contributed by atoms with van der Waals surface area (Å²) < 4.78 is 0. The smallest absolute Gasteiger partial charge is 0.335 e. The molecule has 7 heteroatoms. The maximum absolute atomic E-state index is 10.7. The third kappa shape index (κ3) is 4.41. The average Bonchev–Trinajstić information content (AvgIpc) is 2.45. The zero-order valence-electron chi connectivity index (χ0n) is 11.5. The van der Waals surface area contributed by atoms with Crippen LogP contribution in [0.3, 0.4) is 0 Å². The van der Waals surface area contributed by atoms with Gasteiger partial charge in [0, 0.05) is 5.56 Å². The van der Waals surface area contributed by atoms with Crippen LogP contribution in [0.25, 0.3) is 0 Å². The number of rotatable bonds is 2. The van der Waals surface area contributed by atoms with E-state index in [0.717, 1.165) is 12.1 Å². The van der Waals surface area contributed by atoms with E-state index in [1.54, 1.807) is 0 Å². The highest BCUT2D eigenvalue weighted by atomic mass is 16.4. The number of phenols is 4. The highest BCUT2D eigenvalue weighted by Crippen LogP contribution is 2.25. The number of aromatic carboxylic acids is 1. The number of Topliss-reactive ketones (excluding diaryl/α,β-unsaturated/α-hetero) is 1. The van der Waals surface area contributed by atoms with Crippen molar-refractivity contribution in [1.29, 1.82) is 0 Å². The van der Waals surface area contributed by atoms with Crippen LogP contribution in [0, 0.1) is 0 Å². The van der Waals surface area contributed by atoms with Crippen molar-refractivity contribution in [3.05, 3.63) is 47.5 Å². The molecule has 0 aliphatic carbocycles. The van der Waals surface area contributed by atoms with Gasteiger partial charge in [-0.3, -0.25) is 4.79 Å². The Morgan fingerprint density at radius 3 is 1.50 bits per heavy atom. The lowest BCUT2D eigenvalue weighted by atomic mass is 10.1. The van der Waals surface area contributed by atoms with Crippen molar-refractivity contribution in [2.75, 3.05) is 0 Å². The third-order valence-corrected chi connectivity index (χ3v) is 2.60. The van der Waals surface area contributed by atoms with Gasteiger partial charge in [-0.25, -0.2) is 4.79 Å². The molecule has 0 saturated carbocycles. The summed E-state index contributed by atoms with van der Waals surface area (Å²) in [7, 11) is 0. The second-order valence-corrected chi connectivity index (χ2v) is 4.27. The molecule has 0 aromatic heterocycles. The molecule has 0 fully saturated rings. The lowest BCUT2D eigenvalue weighted by Crippen LogP contribution is -1.94. The topological polar surface area (TPSA) is 135 Å². The van der Waals surface area contributed by atoms with Crippen LogP contribution in [0.15, 0.2) is 36.4 Å². The number of carbonyl (C=O) groups excluding carboxylic acids is 1. The number of carbonyl (C=O) groups is 2. The van der Waals surface area contributed by atoms with Gasteiger partial charge >= 0.3 is 5.97 Å². The molecular weight excluding hydrogens is 292 g/mol. The van der Waals surface area contributed by atoms with Crippen LogP contribution in [0.1, 0.15) is 27.6 Å². The minimum atomic E-state index is -1.14. The van der Waals surface area contributed by atoms with Gasteiger partial charge in [0.25, 0.3) is 0 Å². The van der Waals surface area contributed by atoms with Gasteiger partial charge in [0.1, 0.15) is 0 Å². The Bertz CT molecular complexity index is 646. The summed E-state index contributed by atoms with van der Waals surface area (Å²) in [5, 5.41) is 43.8. The van der Waals surface area contributed by atoms with Gasteiger partial charge in [-0.2, -0.15) is 0 Å². The van der Waals surface area contributed by atoms with Crippen molar-refractivity contribution in [2.24, 2.45) is 0 Å². The first-order valence-corrected chi connectivity index (χ1v) is 6.00. The number of hydrogen-bond acceptors (Lipinski definition) is 6. The molecule has 0 radical (unpaired) electrons. The molecule has 5 N–H and O–H groups in total. The quantitative estimate of drug-likeness (QED) is 0.423. The summed E-state index contributed by atoms with van der Waals surface area (Å²) in [6.07, 6.45) is 0. The Kier molecular flexibility index (Phi) is 5.34. The van der Waals surface area contributed by atoms with E-state index in [1.807, 2.05) is 0 Å². The van der Waals surface area contributed by atoms with E-state index >= 15 is 0 Å². The van der Waals surface area contributed by atoms with Crippen LogP contribution in [0.2, 0.25) is 0 Å². The van der Waals surface area contributed by atoms with Crippen molar-refractivity contribution < 1.29 is 35.1 Å². The fourth-order valence-corrected chi connectivity index (χ4v) is 1.40. The first kappa shape index (κ1) is 16.8. The Balaban J connectivity index is 0.000000220. The summed E-state index contributed by atoms with van der Waals surface area (Å²) in [5.74, 6) is -2.51. The number of carboxylic acids is 1. The van der Waals surface area contributed by atoms with Crippen molar-refractivity contribution >= 4 is 11.8 Å². The first-order chi connectivity index (χ1) is 10.2. The van der Waals surface area contributed by atoms with Crippen LogP contribution in [0.5, 0.6) is 23.0 Å². The number of carboxylic acid groups (broad SMARTS) is 1. The minimum absolute atomic E-state index is 0.0553. The molecule has 0 heterocycles. The van der Waals surface area contributed by atoms with Crippen LogP contribution < -0.4 is 0 Å². The second kappa shape index (κ2) is 6.98. The van der Waals surface area contributed by atoms with Gasteiger partial charge in [0.2, 0.25) is 0 Å². The maximum Gasteiger partial charge on any atom is 0.335 e. The monoisotopic (exact) mass is 306 g/mol. The zero-order chi connectivity index (χ0) is 16.9. The molecule has 2 aromatic carbocycles. The molecule has 0 aliphatic rings. The number of ketones is 1. The van der Waals surface area contributed by atoms with Crippen LogP contribution in [0.4, 0.5) is 0 Å². The predicted molar refractivity (Wildman–Crippen MR) is 76.5 cm³/mol. The SMILES string of the molecule is CC(=O)c1ccc(O)c(O)c1.O=C(O)c1ccc(O)c(O)c1. The molecule has 0 saturated heterocycles. The lowest BCUT2D eigenvalue weighted by Gasteiger charge is -1.98. The normalized spacial score (nSPS) is 9.50. The Morgan fingerprint density at radius 1 is 0.727 bits per heavy atom. The standard InChI is InChI=1S/C8H8O3.C7H6O4/c1-5(9)6-2-3-7(10)8(11)4-6;8-5-2-1-4(7(10)11)3-6(5)9/h2-4,10-11H,1H3;1-3,8-9H,(H,10,11). The van der Waals surface area contributed by atoms with Crippen molar-refractivity contribution in [3.8, 4) is 23.0 Å². The molecule has 0 atom stereocenters. The number of phenolic OH excluding ortho intramolecular Hbond substituents is 4. The van der Waals surface area contributed by atoms with Crippen molar-refractivity contribution in [1.82, 2.24) is 0 Å².